The third-order valence-corrected chi connectivity index (χ3v) is 6.06. The molecule has 0 radical (unpaired) electrons. The second-order valence-electron chi connectivity index (χ2n) is 8.77. The molecular weight excluding hydrogens is 459 g/mol. The van der Waals surface area contributed by atoms with Gasteiger partial charge in [0.2, 0.25) is 5.91 Å². The minimum atomic E-state index is -0.674. The summed E-state index contributed by atoms with van der Waals surface area (Å²) in [6.45, 7) is 10.5. The number of rotatable bonds is 11. The van der Waals surface area contributed by atoms with Gasteiger partial charge in [-0.2, -0.15) is 0 Å². The Morgan fingerprint density at radius 3 is 2.21 bits per heavy atom. The standard InChI is InChI=1S/C26H34Cl2N2O3/c1-6-23(26(32)29-14-17(2)3)30(15-20-21(27)11-9-12-22(20)28)25(31)16-33-24-13-8-7-10-19(24)18(4)5/h7-13,17-18,23H,6,14-16H2,1-5H3,(H,29,32). The van der Waals surface area contributed by atoms with Gasteiger partial charge in [-0.15, -0.1) is 0 Å². The third kappa shape index (κ3) is 7.65. The fourth-order valence-electron chi connectivity index (χ4n) is 3.51. The van der Waals surface area contributed by atoms with Crippen molar-refractivity contribution in [3.8, 4) is 5.75 Å². The van der Waals surface area contributed by atoms with Crippen molar-refractivity contribution in [2.24, 2.45) is 5.92 Å². The molecule has 0 aliphatic carbocycles. The van der Waals surface area contributed by atoms with Crippen molar-refractivity contribution in [1.29, 1.82) is 0 Å². The number of benzene rings is 2. The Morgan fingerprint density at radius 2 is 1.64 bits per heavy atom. The summed E-state index contributed by atoms with van der Waals surface area (Å²) in [4.78, 5) is 27.9. The first-order valence-corrected chi connectivity index (χ1v) is 12.1. The lowest BCUT2D eigenvalue weighted by Crippen LogP contribution is -2.50. The normalized spacial score (nSPS) is 12.0. The molecule has 2 amide bonds. The van der Waals surface area contributed by atoms with Crippen LogP contribution in [0.3, 0.4) is 0 Å². The predicted molar refractivity (Wildman–Crippen MR) is 135 cm³/mol. The van der Waals surface area contributed by atoms with E-state index in [4.69, 9.17) is 27.9 Å². The molecule has 0 aromatic heterocycles. The lowest BCUT2D eigenvalue weighted by molar-refractivity contribution is -0.143. The summed E-state index contributed by atoms with van der Waals surface area (Å²) in [6, 6.07) is 12.2. The van der Waals surface area contributed by atoms with Gasteiger partial charge in [0.05, 0.1) is 0 Å². The molecular formula is C26H34Cl2N2O3. The highest BCUT2D eigenvalue weighted by Crippen LogP contribution is 2.28. The Morgan fingerprint density at radius 1 is 1.00 bits per heavy atom. The Bertz CT molecular complexity index is 927. The van der Waals surface area contributed by atoms with E-state index in [-0.39, 0.29) is 30.9 Å². The largest absolute Gasteiger partial charge is 0.483 e. The maximum absolute atomic E-state index is 13.4. The van der Waals surface area contributed by atoms with Crippen molar-refractivity contribution < 1.29 is 14.3 Å². The van der Waals surface area contributed by atoms with Gasteiger partial charge in [0.15, 0.2) is 6.61 Å². The van der Waals surface area contributed by atoms with Crippen LogP contribution in [0.5, 0.6) is 5.75 Å². The molecule has 0 saturated carbocycles. The average molecular weight is 493 g/mol. The molecule has 0 saturated heterocycles. The van der Waals surface area contributed by atoms with Gasteiger partial charge in [-0.25, -0.2) is 0 Å². The van der Waals surface area contributed by atoms with Gasteiger partial charge in [0.25, 0.3) is 5.91 Å². The second-order valence-corrected chi connectivity index (χ2v) is 9.58. The van der Waals surface area contributed by atoms with Crippen molar-refractivity contribution in [2.45, 2.75) is 59.5 Å². The second kappa shape index (κ2) is 12.9. The molecule has 0 spiro atoms. The van der Waals surface area contributed by atoms with E-state index in [9.17, 15) is 9.59 Å². The number of carbonyl (C=O) groups excluding carboxylic acids is 2. The Hall–Kier alpha value is -2.24. The average Bonchev–Trinajstić information content (AvgIpc) is 2.77. The highest BCUT2D eigenvalue weighted by Gasteiger charge is 2.30. The molecule has 1 N–H and O–H groups in total. The van der Waals surface area contributed by atoms with Crippen LogP contribution >= 0.6 is 23.2 Å². The van der Waals surface area contributed by atoms with E-state index in [2.05, 4.69) is 19.2 Å². The van der Waals surface area contributed by atoms with Gasteiger partial charge >= 0.3 is 0 Å². The minimum Gasteiger partial charge on any atom is -0.483 e. The Kier molecular flexibility index (Phi) is 10.5. The SMILES string of the molecule is CCC(C(=O)NCC(C)C)N(Cc1c(Cl)cccc1Cl)C(=O)COc1ccccc1C(C)C. The fourth-order valence-corrected chi connectivity index (χ4v) is 4.02. The summed E-state index contributed by atoms with van der Waals surface area (Å²) in [5.74, 6) is 0.694. The molecule has 1 unspecified atom stereocenters. The number of hydrogen-bond donors (Lipinski definition) is 1. The van der Waals surface area contributed by atoms with Crippen LogP contribution in [-0.4, -0.2) is 35.9 Å². The molecule has 2 aromatic carbocycles. The monoisotopic (exact) mass is 492 g/mol. The predicted octanol–water partition coefficient (Wildman–Crippen LogP) is 6.08. The quantitative estimate of drug-likeness (QED) is 0.413. The highest BCUT2D eigenvalue weighted by molar-refractivity contribution is 6.36. The van der Waals surface area contributed by atoms with Crippen LogP contribution in [0, 0.1) is 5.92 Å². The molecule has 0 fully saturated rings. The topological polar surface area (TPSA) is 58.6 Å². The number of nitrogens with one attached hydrogen (secondary N) is 1. The number of ether oxygens (including phenoxy) is 1. The first kappa shape index (κ1) is 27.0. The molecule has 33 heavy (non-hydrogen) atoms. The molecule has 2 aromatic rings. The Labute approximate surface area is 207 Å². The van der Waals surface area contributed by atoms with Gasteiger partial charge in [-0.05, 0) is 42.0 Å². The van der Waals surface area contributed by atoms with Crippen molar-refractivity contribution in [3.63, 3.8) is 0 Å². The molecule has 2 rings (SSSR count). The minimum absolute atomic E-state index is 0.111. The van der Waals surface area contributed by atoms with Crippen LogP contribution in [0.1, 0.15) is 58.1 Å². The Balaban J connectivity index is 2.30. The number of amides is 2. The van der Waals surface area contributed by atoms with Gasteiger partial charge < -0.3 is 15.0 Å². The summed E-state index contributed by atoms with van der Waals surface area (Å²) in [5.41, 5.74) is 1.62. The number of halogens is 2. The lowest BCUT2D eigenvalue weighted by Gasteiger charge is -2.31. The molecule has 1 atom stereocenters. The van der Waals surface area contributed by atoms with Crippen LogP contribution in [0.25, 0.3) is 0 Å². The smallest absolute Gasteiger partial charge is 0.261 e. The van der Waals surface area contributed by atoms with E-state index in [0.717, 1.165) is 5.56 Å². The van der Waals surface area contributed by atoms with E-state index in [0.29, 0.717) is 40.2 Å². The van der Waals surface area contributed by atoms with E-state index in [1.54, 1.807) is 18.2 Å². The molecule has 5 nitrogen and oxygen atoms in total. The van der Waals surface area contributed by atoms with Crippen molar-refractivity contribution in [2.75, 3.05) is 13.2 Å². The summed E-state index contributed by atoms with van der Waals surface area (Å²) in [5, 5.41) is 3.84. The van der Waals surface area contributed by atoms with Crippen LogP contribution < -0.4 is 10.1 Å². The third-order valence-electron chi connectivity index (χ3n) is 5.35. The van der Waals surface area contributed by atoms with Crippen molar-refractivity contribution in [1.82, 2.24) is 10.2 Å². The molecule has 180 valence electrons. The van der Waals surface area contributed by atoms with Crippen LogP contribution in [0.2, 0.25) is 10.0 Å². The van der Waals surface area contributed by atoms with E-state index >= 15 is 0 Å². The lowest BCUT2D eigenvalue weighted by atomic mass is 10.0. The van der Waals surface area contributed by atoms with E-state index in [1.807, 2.05) is 45.0 Å². The number of hydrogen-bond acceptors (Lipinski definition) is 3. The molecule has 0 heterocycles. The first-order chi connectivity index (χ1) is 15.6. The molecule has 0 aliphatic heterocycles. The van der Waals surface area contributed by atoms with Gasteiger partial charge in [-0.1, -0.05) is 82.1 Å². The van der Waals surface area contributed by atoms with Crippen molar-refractivity contribution >= 4 is 35.0 Å². The van der Waals surface area contributed by atoms with Crippen molar-refractivity contribution in [3.05, 3.63) is 63.6 Å². The summed E-state index contributed by atoms with van der Waals surface area (Å²) in [7, 11) is 0. The van der Waals surface area contributed by atoms with E-state index < -0.39 is 6.04 Å². The first-order valence-electron chi connectivity index (χ1n) is 11.4. The molecule has 0 aliphatic rings. The zero-order valence-corrected chi connectivity index (χ0v) is 21.5. The van der Waals surface area contributed by atoms with E-state index in [1.165, 1.54) is 4.90 Å². The van der Waals surface area contributed by atoms with Gasteiger partial charge in [0, 0.05) is 28.7 Å². The summed E-state index contributed by atoms with van der Waals surface area (Å²) in [6.07, 6.45) is 0.445. The van der Waals surface area contributed by atoms with Gasteiger partial charge in [-0.3, -0.25) is 9.59 Å². The molecule has 7 heteroatoms. The zero-order chi connectivity index (χ0) is 24.5. The van der Waals surface area contributed by atoms with Gasteiger partial charge in [0.1, 0.15) is 11.8 Å². The molecule has 0 bridgehead atoms. The summed E-state index contributed by atoms with van der Waals surface area (Å²) >= 11 is 12.8. The van der Waals surface area contributed by atoms with Crippen LogP contribution in [0.15, 0.2) is 42.5 Å². The maximum Gasteiger partial charge on any atom is 0.261 e. The summed E-state index contributed by atoms with van der Waals surface area (Å²) < 4.78 is 5.92. The van der Waals surface area contributed by atoms with Crippen LogP contribution in [-0.2, 0) is 16.1 Å². The van der Waals surface area contributed by atoms with Crippen LogP contribution in [0.4, 0.5) is 0 Å². The number of para-hydroxylation sites is 1. The maximum atomic E-state index is 13.4. The number of carbonyl (C=O) groups is 2. The zero-order valence-electron chi connectivity index (χ0n) is 20.0. The number of nitrogens with zero attached hydrogens (tertiary/aromatic N) is 1. The fraction of sp³-hybridized carbons (Fsp3) is 0.462. The highest BCUT2D eigenvalue weighted by atomic mass is 35.5.